The Hall–Kier alpha value is -1.19. The lowest BCUT2D eigenvalue weighted by Crippen LogP contribution is -2.45. The molecule has 21 heavy (non-hydrogen) atoms. The summed E-state index contributed by atoms with van der Waals surface area (Å²) in [5, 5.41) is 14.5. The molecule has 3 N–H and O–H groups in total. The Balaban J connectivity index is 1.88. The fourth-order valence-corrected chi connectivity index (χ4v) is 3.86. The summed E-state index contributed by atoms with van der Waals surface area (Å²) in [5.74, 6) is -0.211. The third kappa shape index (κ3) is 5.25. The van der Waals surface area contributed by atoms with E-state index in [0.29, 0.717) is 12.1 Å². The molecule has 1 saturated carbocycles. The molecule has 2 atom stereocenters. The van der Waals surface area contributed by atoms with E-state index in [1.54, 1.807) is 5.38 Å². The summed E-state index contributed by atoms with van der Waals surface area (Å²) in [4.78, 5) is 16.0. The number of hydrogen-bond donors (Lipinski definition) is 3. The van der Waals surface area contributed by atoms with Crippen LogP contribution in [0.1, 0.15) is 31.4 Å². The Kier molecular flexibility index (Phi) is 5.17. The van der Waals surface area contributed by atoms with Crippen molar-refractivity contribution < 1.29 is 18.3 Å². The monoisotopic (exact) mass is 333 g/mol. The number of hydrogen-bond acceptors (Lipinski definition) is 6. The van der Waals surface area contributed by atoms with Gasteiger partial charge in [0, 0.05) is 5.38 Å². The van der Waals surface area contributed by atoms with Crippen molar-refractivity contribution in [2.45, 2.75) is 44.2 Å². The highest BCUT2D eigenvalue weighted by atomic mass is 32.2. The van der Waals surface area contributed by atoms with Crippen LogP contribution in [0.2, 0.25) is 0 Å². The van der Waals surface area contributed by atoms with Gasteiger partial charge in [-0.15, -0.1) is 11.3 Å². The van der Waals surface area contributed by atoms with E-state index < -0.39 is 16.1 Å². The SMILES string of the molecule is CS(=O)(=O)Nc1nc(CC(=O)NC2CCCCC2O)cs1. The van der Waals surface area contributed by atoms with E-state index in [2.05, 4.69) is 15.0 Å². The molecule has 1 fully saturated rings. The summed E-state index contributed by atoms with van der Waals surface area (Å²) in [6.07, 6.45) is 4.12. The molecule has 1 aliphatic rings. The first-order valence-electron chi connectivity index (χ1n) is 6.73. The first-order chi connectivity index (χ1) is 9.83. The molecule has 1 aliphatic carbocycles. The van der Waals surface area contributed by atoms with E-state index in [1.165, 1.54) is 0 Å². The van der Waals surface area contributed by atoms with Crippen molar-refractivity contribution in [1.82, 2.24) is 10.3 Å². The molecule has 1 aromatic heterocycles. The van der Waals surface area contributed by atoms with Crippen LogP contribution in [0.5, 0.6) is 0 Å². The smallest absolute Gasteiger partial charge is 0.231 e. The molecule has 0 bridgehead atoms. The minimum atomic E-state index is -3.36. The van der Waals surface area contributed by atoms with Crippen LogP contribution < -0.4 is 10.0 Å². The van der Waals surface area contributed by atoms with Gasteiger partial charge in [0.15, 0.2) is 5.13 Å². The summed E-state index contributed by atoms with van der Waals surface area (Å²) < 4.78 is 24.4. The highest BCUT2D eigenvalue weighted by molar-refractivity contribution is 7.92. The molecular formula is C12H19N3O4S2. The largest absolute Gasteiger partial charge is 0.391 e. The predicted octanol–water partition coefficient (Wildman–Crippen LogP) is 0.477. The van der Waals surface area contributed by atoms with Gasteiger partial charge in [0.25, 0.3) is 0 Å². The second-order valence-electron chi connectivity index (χ2n) is 5.22. The van der Waals surface area contributed by atoms with Crippen LogP contribution in [0.15, 0.2) is 5.38 Å². The van der Waals surface area contributed by atoms with E-state index in [1.807, 2.05) is 0 Å². The molecule has 2 unspecified atom stereocenters. The number of amides is 1. The molecular weight excluding hydrogens is 314 g/mol. The maximum absolute atomic E-state index is 11.9. The first kappa shape index (κ1) is 16.2. The molecule has 1 heterocycles. The van der Waals surface area contributed by atoms with Crippen LogP contribution in [0, 0.1) is 0 Å². The second-order valence-corrected chi connectivity index (χ2v) is 7.83. The van der Waals surface area contributed by atoms with Gasteiger partial charge in [0.05, 0.1) is 30.5 Å². The van der Waals surface area contributed by atoms with Gasteiger partial charge in [-0.2, -0.15) is 0 Å². The van der Waals surface area contributed by atoms with Crippen molar-refractivity contribution >= 4 is 32.4 Å². The number of thiazole rings is 1. The molecule has 2 rings (SSSR count). The number of rotatable bonds is 5. The van der Waals surface area contributed by atoms with Gasteiger partial charge in [-0.1, -0.05) is 12.8 Å². The van der Waals surface area contributed by atoms with E-state index in [9.17, 15) is 18.3 Å². The summed E-state index contributed by atoms with van der Waals surface area (Å²) in [7, 11) is -3.36. The first-order valence-corrected chi connectivity index (χ1v) is 9.50. The number of carbonyl (C=O) groups is 1. The minimum Gasteiger partial charge on any atom is -0.391 e. The van der Waals surface area contributed by atoms with Gasteiger partial charge < -0.3 is 10.4 Å². The van der Waals surface area contributed by atoms with Crippen molar-refractivity contribution in [3.8, 4) is 0 Å². The van der Waals surface area contributed by atoms with Crippen molar-refractivity contribution in [2.24, 2.45) is 0 Å². The number of aromatic nitrogens is 1. The van der Waals surface area contributed by atoms with Gasteiger partial charge >= 0.3 is 0 Å². The molecule has 0 aliphatic heterocycles. The van der Waals surface area contributed by atoms with Gasteiger partial charge in [-0.3, -0.25) is 9.52 Å². The average molecular weight is 333 g/mol. The maximum atomic E-state index is 11.9. The Morgan fingerprint density at radius 2 is 2.19 bits per heavy atom. The van der Waals surface area contributed by atoms with Gasteiger partial charge in [-0.05, 0) is 12.8 Å². The van der Waals surface area contributed by atoms with Gasteiger partial charge in [0.1, 0.15) is 0 Å². The molecule has 0 saturated heterocycles. The second kappa shape index (κ2) is 6.71. The Bertz CT molecular complexity index is 599. The topological polar surface area (TPSA) is 108 Å². The molecule has 0 aromatic carbocycles. The number of nitrogens with one attached hydrogen (secondary N) is 2. The fraction of sp³-hybridized carbons (Fsp3) is 0.667. The zero-order chi connectivity index (χ0) is 15.5. The quantitative estimate of drug-likeness (QED) is 0.726. The number of carbonyl (C=O) groups excluding carboxylic acids is 1. The number of anilines is 1. The van der Waals surface area contributed by atoms with Gasteiger partial charge in [0.2, 0.25) is 15.9 Å². The van der Waals surface area contributed by atoms with Crippen LogP contribution in [-0.2, 0) is 21.2 Å². The van der Waals surface area contributed by atoms with E-state index in [4.69, 9.17) is 0 Å². The van der Waals surface area contributed by atoms with Crippen LogP contribution in [0.4, 0.5) is 5.13 Å². The van der Waals surface area contributed by atoms with Crippen molar-refractivity contribution in [3.05, 3.63) is 11.1 Å². The van der Waals surface area contributed by atoms with Crippen LogP contribution in [0.25, 0.3) is 0 Å². The normalized spacial score (nSPS) is 22.8. The summed E-state index contributed by atoms with van der Waals surface area (Å²) in [5.41, 5.74) is 0.508. The third-order valence-corrected chi connectivity index (χ3v) is 4.74. The fourth-order valence-electron chi connectivity index (χ4n) is 2.30. The van der Waals surface area contributed by atoms with Gasteiger partial charge in [-0.25, -0.2) is 13.4 Å². The number of sulfonamides is 1. The Morgan fingerprint density at radius 3 is 2.86 bits per heavy atom. The molecule has 0 spiro atoms. The summed E-state index contributed by atoms with van der Waals surface area (Å²) in [6, 6.07) is -0.196. The van der Waals surface area contributed by atoms with E-state index >= 15 is 0 Å². The molecule has 9 heteroatoms. The number of nitrogens with zero attached hydrogens (tertiary/aromatic N) is 1. The minimum absolute atomic E-state index is 0.0746. The molecule has 118 valence electrons. The maximum Gasteiger partial charge on any atom is 0.231 e. The summed E-state index contributed by atoms with van der Waals surface area (Å²) in [6.45, 7) is 0. The lowest BCUT2D eigenvalue weighted by atomic mass is 9.92. The molecule has 0 radical (unpaired) electrons. The number of aliphatic hydroxyl groups excluding tert-OH is 1. The van der Waals surface area contributed by atoms with E-state index in [0.717, 1.165) is 36.9 Å². The lowest BCUT2D eigenvalue weighted by Gasteiger charge is -2.28. The predicted molar refractivity (Wildman–Crippen MR) is 80.7 cm³/mol. The zero-order valence-corrected chi connectivity index (χ0v) is 13.3. The lowest BCUT2D eigenvalue weighted by molar-refractivity contribution is -0.122. The third-order valence-electron chi connectivity index (χ3n) is 3.24. The average Bonchev–Trinajstić information content (AvgIpc) is 2.77. The molecule has 1 amide bonds. The van der Waals surface area contributed by atoms with E-state index in [-0.39, 0.29) is 23.5 Å². The molecule has 1 aromatic rings. The van der Waals surface area contributed by atoms with Crippen LogP contribution in [0.3, 0.4) is 0 Å². The Morgan fingerprint density at radius 1 is 1.48 bits per heavy atom. The zero-order valence-electron chi connectivity index (χ0n) is 11.7. The number of aliphatic hydroxyl groups is 1. The highest BCUT2D eigenvalue weighted by Gasteiger charge is 2.24. The summed E-state index contributed by atoms with van der Waals surface area (Å²) >= 11 is 1.13. The van der Waals surface area contributed by atoms with Crippen molar-refractivity contribution in [2.75, 3.05) is 11.0 Å². The van der Waals surface area contributed by atoms with Crippen molar-refractivity contribution in [3.63, 3.8) is 0 Å². The highest BCUT2D eigenvalue weighted by Crippen LogP contribution is 2.19. The standard InChI is InChI=1S/C12H19N3O4S2/c1-21(18,19)15-12-13-8(7-20-12)6-11(17)14-9-4-2-3-5-10(9)16/h7,9-10,16H,2-6H2,1H3,(H,13,15)(H,14,17). The molecule has 7 nitrogen and oxygen atoms in total. The van der Waals surface area contributed by atoms with Crippen molar-refractivity contribution in [1.29, 1.82) is 0 Å². The Labute approximate surface area is 127 Å². The van der Waals surface area contributed by atoms with Crippen LogP contribution >= 0.6 is 11.3 Å². The van der Waals surface area contributed by atoms with Crippen LogP contribution in [-0.4, -0.2) is 42.8 Å².